The van der Waals surface area contributed by atoms with E-state index in [1.807, 2.05) is 19.1 Å². The number of rotatable bonds is 7. The maximum absolute atomic E-state index is 12.7. The van der Waals surface area contributed by atoms with Crippen LogP contribution in [0.15, 0.2) is 41.0 Å². The van der Waals surface area contributed by atoms with Crippen molar-refractivity contribution in [2.24, 2.45) is 16.5 Å². The Morgan fingerprint density at radius 3 is 2.67 bits per heavy atom. The van der Waals surface area contributed by atoms with Gasteiger partial charge in [0.05, 0.1) is 17.6 Å². The topological polar surface area (TPSA) is 127 Å². The zero-order valence-corrected chi connectivity index (χ0v) is 21.6. The summed E-state index contributed by atoms with van der Waals surface area (Å²) in [6, 6.07) is 7.39. The third-order valence-corrected chi connectivity index (χ3v) is 6.18. The van der Waals surface area contributed by atoms with E-state index in [9.17, 15) is 9.59 Å². The van der Waals surface area contributed by atoms with Crippen LogP contribution in [0.4, 0.5) is 11.4 Å². The molecular weight excluding hydrogens is 452 g/mol. The molecule has 8 heteroatoms. The number of benzene rings is 1. The van der Waals surface area contributed by atoms with Gasteiger partial charge in [0.15, 0.2) is 0 Å². The molecule has 2 heterocycles. The minimum absolute atomic E-state index is 0.0158. The lowest BCUT2D eigenvalue weighted by molar-refractivity contribution is -0.118. The molecule has 0 saturated carbocycles. The zero-order valence-electron chi connectivity index (χ0n) is 21.6. The number of aryl methyl sites for hydroxylation is 1. The number of carbonyl (C=O) groups is 2. The van der Waals surface area contributed by atoms with E-state index >= 15 is 0 Å². The number of hydrogen-bond acceptors (Lipinski definition) is 6. The highest BCUT2D eigenvalue weighted by molar-refractivity contribution is 6.05. The first-order chi connectivity index (χ1) is 17.3. The van der Waals surface area contributed by atoms with Crippen LogP contribution in [0, 0.1) is 0 Å². The number of pyridine rings is 1. The van der Waals surface area contributed by atoms with Crippen LogP contribution in [0.3, 0.4) is 0 Å². The van der Waals surface area contributed by atoms with Gasteiger partial charge in [-0.1, -0.05) is 31.6 Å². The van der Waals surface area contributed by atoms with E-state index in [4.69, 9.17) is 11.5 Å². The molecule has 1 aliphatic heterocycles. The first kappa shape index (κ1) is 27.1. The molecule has 0 saturated heterocycles. The summed E-state index contributed by atoms with van der Waals surface area (Å²) in [7, 11) is 0. The van der Waals surface area contributed by atoms with E-state index in [0.29, 0.717) is 29.2 Å². The van der Waals surface area contributed by atoms with Crippen molar-refractivity contribution in [3.05, 3.63) is 58.4 Å². The summed E-state index contributed by atoms with van der Waals surface area (Å²) in [5.41, 5.74) is 18.2. The number of carbonyl (C=O) groups excluding carboxylic acids is 2. The van der Waals surface area contributed by atoms with Gasteiger partial charge in [-0.25, -0.2) is 4.99 Å². The first-order valence-electron chi connectivity index (χ1n) is 12.7. The van der Waals surface area contributed by atoms with E-state index in [1.165, 1.54) is 0 Å². The SMILES string of the molecule is CC1=Cc2ccc(C(=O)Nc3cnc4c(c3)C(N)CCC4)cc2N=C(N)C1.CCCN(C=O)CCC. The van der Waals surface area contributed by atoms with Crippen LogP contribution in [0.5, 0.6) is 0 Å². The van der Waals surface area contributed by atoms with Gasteiger partial charge in [-0.05, 0) is 62.8 Å². The van der Waals surface area contributed by atoms with Gasteiger partial charge in [-0.3, -0.25) is 14.6 Å². The summed E-state index contributed by atoms with van der Waals surface area (Å²) in [5, 5.41) is 2.92. The van der Waals surface area contributed by atoms with E-state index in [1.54, 1.807) is 23.2 Å². The van der Waals surface area contributed by atoms with E-state index in [0.717, 1.165) is 74.0 Å². The summed E-state index contributed by atoms with van der Waals surface area (Å²) in [5.74, 6) is 0.343. The van der Waals surface area contributed by atoms with Gasteiger partial charge >= 0.3 is 0 Å². The molecular formula is C28H38N6O2. The van der Waals surface area contributed by atoms with Crippen LogP contribution in [0.2, 0.25) is 0 Å². The fourth-order valence-electron chi connectivity index (χ4n) is 4.45. The Labute approximate surface area is 213 Å². The molecule has 1 aromatic carbocycles. The first-order valence-corrected chi connectivity index (χ1v) is 12.7. The smallest absolute Gasteiger partial charge is 0.255 e. The van der Waals surface area contributed by atoms with Crippen molar-refractivity contribution >= 4 is 35.6 Å². The van der Waals surface area contributed by atoms with Crippen molar-refractivity contribution in [3.63, 3.8) is 0 Å². The van der Waals surface area contributed by atoms with Gasteiger partial charge in [0.2, 0.25) is 6.41 Å². The second kappa shape index (κ2) is 13.0. The predicted molar refractivity (Wildman–Crippen MR) is 146 cm³/mol. The molecule has 1 unspecified atom stereocenters. The number of nitrogens with one attached hydrogen (secondary N) is 1. The van der Waals surface area contributed by atoms with Gasteiger partial charge in [0.25, 0.3) is 5.91 Å². The van der Waals surface area contributed by atoms with Crippen molar-refractivity contribution in [1.29, 1.82) is 0 Å². The minimum Gasteiger partial charge on any atom is -0.387 e. The van der Waals surface area contributed by atoms with Gasteiger partial charge in [-0.2, -0.15) is 0 Å². The van der Waals surface area contributed by atoms with Crippen LogP contribution in [0.1, 0.15) is 86.1 Å². The Bertz CT molecular complexity index is 1130. The maximum Gasteiger partial charge on any atom is 0.255 e. The van der Waals surface area contributed by atoms with Crippen LogP contribution in [0.25, 0.3) is 6.08 Å². The lowest BCUT2D eigenvalue weighted by atomic mass is 9.92. The number of fused-ring (bicyclic) bond motifs is 2. The lowest BCUT2D eigenvalue weighted by Crippen LogP contribution is -2.23. The molecule has 192 valence electrons. The highest BCUT2D eigenvalue weighted by Crippen LogP contribution is 2.30. The molecule has 8 nitrogen and oxygen atoms in total. The number of nitrogens with two attached hydrogens (primary N) is 2. The molecule has 0 bridgehead atoms. The molecule has 2 amide bonds. The summed E-state index contributed by atoms with van der Waals surface area (Å²) in [6.45, 7) is 7.97. The predicted octanol–water partition coefficient (Wildman–Crippen LogP) is 4.73. The lowest BCUT2D eigenvalue weighted by Gasteiger charge is -2.21. The van der Waals surface area contributed by atoms with Crippen LogP contribution in [-0.2, 0) is 11.2 Å². The van der Waals surface area contributed by atoms with Crippen molar-refractivity contribution < 1.29 is 9.59 Å². The average molecular weight is 491 g/mol. The van der Waals surface area contributed by atoms with Crippen molar-refractivity contribution in [2.75, 3.05) is 18.4 Å². The Kier molecular flexibility index (Phi) is 9.76. The van der Waals surface area contributed by atoms with Crippen molar-refractivity contribution in [2.45, 2.75) is 65.3 Å². The Morgan fingerprint density at radius 1 is 1.22 bits per heavy atom. The van der Waals surface area contributed by atoms with Crippen LogP contribution < -0.4 is 16.8 Å². The largest absolute Gasteiger partial charge is 0.387 e. The maximum atomic E-state index is 12.7. The fraction of sp³-hybridized carbons (Fsp3) is 0.429. The second-order valence-corrected chi connectivity index (χ2v) is 9.40. The summed E-state index contributed by atoms with van der Waals surface area (Å²) in [4.78, 5) is 33.6. The fourth-order valence-corrected chi connectivity index (χ4v) is 4.45. The quantitative estimate of drug-likeness (QED) is 0.484. The van der Waals surface area contributed by atoms with E-state index in [2.05, 4.69) is 35.2 Å². The molecule has 1 atom stereocenters. The van der Waals surface area contributed by atoms with Crippen LogP contribution in [-0.4, -0.2) is 41.1 Å². The van der Waals surface area contributed by atoms with E-state index in [-0.39, 0.29) is 11.9 Å². The Morgan fingerprint density at radius 2 is 1.97 bits per heavy atom. The Hall–Kier alpha value is -3.52. The van der Waals surface area contributed by atoms with Gasteiger partial charge < -0.3 is 21.7 Å². The summed E-state index contributed by atoms with van der Waals surface area (Å²) >= 11 is 0. The molecule has 1 aliphatic carbocycles. The molecule has 2 aromatic rings. The number of anilines is 1. The molecule has 36 heavy (non-hydrogen) atoms. The number of amides is 2. The molecule has 5 N–H and O–H groups in total. The molecule has 0 spiro atoms. The monoisotopic (exact) mass is 490 g/mol. The molecule has 2 aliphatic rings. The summed E-state index contributed by atoms with van der Waals surface area (Å²) in [6.07, 6.45) is 10.4. The highest BCUT2D eigenvalue weighted by Gasteiger charge is 2.19. The highest BCUT2D eigenvalue weighted by atomic mass is 16.1. The number of aliphatic imine (C=N–C) groups is 1. The second-order valence-electron chi connectivity index (χ2n) is 9.40. The number of aromatic nitrogens is 1. The number of hydrogen-bond donors (Lipinski definition) is 3. The van der Waals surface area contributed by atoms with Crippen molar-refractivity contribution in [3.8, 4) is 0 Å². The number of nitrogens with zero attached hydrogens (tertiary/aromatic N) is 3. The molecule has 1 aromatic heterocycles. The normalized spacial score (nSPS) is 16.2. The molecule has 0 fully saturated rings. The summed E-state index contributed by atoms with van der Waals surface area (Å²) < 4.78 is 0. The zero-order chi connectivity index (χ0) is 26.1. The molecule has 4 rings (SSSR count). The van der Waals surface area contributed by atoms with Gasteiger partial charge in [0, 0.05) is 42.4 Å². The number of amidine groups is 1. The van der Waals surface area contributed by atoms with E-state index < -0.39 is 0 Å². The van der Waals surface area contributed by atoms with Crippen LogP contribution >= 0.6 is 0 Å². The van der Waals surface area contributed by atoms with Crippen molar-refractivity contribution in [1.82, 2.24) is 9.88 Å². The minimum atomic E-state index is -0.206. The third kappa shape index (κ3) is 7.24. The average Bonchev–Trinajstić information content (AvgIpc) is 3.00. The van der Waals surface area contributed by atoms with Gasteiger partial charge in [-0.15, -0.1) is 0 Å². The molecule has 0 radical (unpaired) electrons. The Balaban J connectivity index is 0.000000345. The third-order valence-electron chi connectivity index (χ3n) is 6.18. The van der Waals surface area contributed by atoms with Gasteiger partial charge in [0.1, 0.15) is 5.84 Å². The standard InChI is InChI=1S/C21H23N5O.C7H15NO/c1-12-7-13-5-6-14(9-19(13)26-20(23)8-12)21(27)25-15-10-16-17(22)3-2-4-18(16)24-11-15;1-3-5-8(7-9)6-4-2/h5-7,9-11,17H,2-4,8,22H2,1H3,(H2,23,26)(H,25,27);7H,3-6H2,1-2H3.